The van der Waals surface area contributed by atoms with Gasteiger partial charge in [-0.3, -0.25) is 4.90 Å². The highest BCUT2D eigenvalue weighted by atomic mass is 16.5. The van der Waals surface area contributed by atoms with E-state index in [2.05, 4.69) is 42.6 Å². The van der Waals surface area contributed by atoms with Gasteiger partial charge in [0.05, 0.1) is 0 Å². The number of aromatic nitrogens is 2. The van der Waals surface area contributed by atoms with Crippen molar-refractivity contribution in [3.05, 3.63) is 18.0 Å². The standard InChI is InChI=1S/C13H21N3O3/c1-9(2)16(10(3)4)7-8-19-13-14-6-5-11(15-13)12(17)18/h5-6,9-10H,7-8H2,1-4H3,(H,17,18). The van der Waals surface area contributed by atoms with Crippen molar-refractivity contribution in [2.75, 3.05) is 13.2 Å². The lowest BCUT2D eigenvalue weighted by Gasteiger charge is -2.30. The first-order chi connectivity index (χ1) is 8.91. The van der Waals surface area contributed by atoms with E-state index in [1.807, 2.05) is 0 Å². The summed E-state index contributed by atoms with van der Waals surface area (Å²) in [6.07, 6.45) is 1.38. The Kier molecular flexibility index (Phi) is 5.69. The number of nitrogens with zero attached hydrogens (tertiary/aromatic N) is 3. The van der Waals surface area contributed by atoms with E-state index >= 15 is 0 Å². The fraction of sp³-hybridized carbons (Fsp3) is 0.615. The summed E-state index contributed by atoms with van der Waals surface area (Å²) in [7, 11) is 0. The van der Waals surface area contributed by atoms with Gasteiger partial charge in [0, 0.05) is 24.8 Å². The van der Waals surface area contributed by atoms with Crippen LogP contribution in [0.25, 0.3) is 0 Å². The van der Waals surface area contributed by atoms with Crippen LogP contribution in [0.1, 0.15) is 38.2 Å². The van der Waals surface area contributed by atoms with Gasteiger partial charge in [0.1, 0.15) is 6.61 Å². The predicted molar refractivity (Wildman–Crippen MR) is 71.5 cm³/mol. The van der Waals surface area contributed by atoms with E-state index in [9.17, 15) is 4.79 Å². The van der Waals surface area contributed by atoms with Crippen LogP contribution >= 0.6 is 0 Å². The van der Waals surface area contributed by atoms with E-state index in [4.69, 9.17) is 9.84 Å². The SMILES string of the molecule is CC(C)N(CCOc1nccc(C(=O)O)n1)C(C)C. The summed E-state index contributed by atoms with van der Waals surface area (Å²) in [5, 5.41) is 8.81. The van der Waals surface area contributed by atoms with Crippen molar-refractivity contribution in [2.24, 2.45) is 0 Å². The maximum Gasteiger partial charge on any atom is 0.354 e. The van der Waals surface area contributed by atoms with Gasteiger partial charge in [0.15, 0.2) is 5.69 Å². The third-order valence-electron chi connectivity index (χ3n) is 2.76. The molecule has 1 heterocycles. The van der Waals surface area contributed by atoms with Crippen molar-refractivity contribution in [3.63, 3.8) is 0 Å². The molecule has 0 saturated carbocycles. The van der Waals surface area contributed by atoms with Crippen LogP contribution in [0.5, 0.6) is 6.01 Å². The van der Waals surface area contributed by atoms with Crippen LogP contribution < -0.4 is 4.74 Å². The molecule has 19 heavy (non-hydrogen) atoms. The first-order valence-corrected chi connectivity index (χ1v) is 6.36. The first-order valence-electron chi connectivity index (χ1n) is 6.36. The molecule has 0 aliphatic rings. The summed E-state index contributed by atoms with van der Waals surface area (Å²) in [4.78, 5) is 20.7. The third kappa shape index (κ3) is 4.82. The van der Waals surface area contributed by atoms with E-state index < -0.39 is 5.97 Å². The van der Waals surface area contributed by atoms with Gasteiger partial charge in [0.25, 0.3) is 0 Å². The molecule has 0 aliphatic carbocycles. The summed E-state index contributed by atoms with van der Waals surface area (Å²) in [5.41, 5.74) is -0.0606. The number of hydrogen-bond acceptors (Lipinski definition) is 5. The third-order valence-corrected chi connectivity index (χ3v) is 2.76. The summed E-state index contributed by atoms with van der Waals surface area (Å²) < 4.78 is 5.40. The van der Waals surface area contributed by atoms with E-state index in [1.165, 1.54) is 12.3 Å². The average molecular weight is 267 g/mol. The molecule has 0 atom stereocenters. The molecule has 6 nitrogen and oxygen atoms in total. The molecule has 106 valence electrons. The van der Waals surface area contributed by atoms with Gasteiger partial charge in [-0.2, -0.15) is 4.98 Å². The summed E-state index contributed by atoms with van der Waals surface area (Å²) in [6.45, 7) is 9.68. The highest BCUT2D eigenvalue weighted by Gasteiger charge is 2.13. The zero-order valence-corrected chi connectivity index (χ0v) is 11.8. The molecule has 6 heteroatoms. The fourth-order valence-electron chi connectivity index (χ4n) is 1.88. The van der Waals surface area contributed by atoms with Gasteiger partial charge in [-0.1, -0.05) is 0 Å². The molecule has 1 aromatic heterocycles. The van der Waals surface area contributed by atoms with Crippen LogP contribution in [0.4, 0.5) is 0 Å². The zero-order chi connectivity index (χ0) is 14.4. The Balaban J connectivity index is 2.53. The lowest BCUT2D eigenvalue weighted by Crippen LogP contribution is -2.39. The fourth-order valence-corrected chi connectivity index (χ4v) is 1.88. The van der Waals surface area contributed by atoms with Crippen LogP contribution in [-0.4, -0.2) is 51.2 Å². The van der Waals surface area contributed by atoms with Crippen molar-refractivity contribution in [1.82, 2.24) is 14.9 Å². The zero-order valence-electron chi connectivity index (χ0n) is 11.8. The molecule has 0 spiro atoms. The highest BCUT2D eigenvalue weighted by molar-refractivity contribution is 5.85. The summed E-state index contributed by atoms with van der Waals surface area (Å²) in [6, 6.07) is 2.29. The van der Waals surface area contributed by atoms with Gasteiger partial charge in [0.2, 0.25) is 0 Å². The van der Waals surface area contributed by atoms with Crippen LogP contribution in [0.2, 0.25) is 0 Å². The van der Waals surface area contributed by atoms with Crippen molar-refractivity contribution < 1.29 is 14.6 Å². The minimum Gasteiger partial charge on any atom is -0.477 e. The number of carboxylic acids is 1. The van der Waals surface area contributed by atoms with E-state index in [0.717, 1.165) is 6.54 Å². The molecule has 0 amide bonds. The summed E-state index contributed by atoms with van der Waals surface area (Å²) >= 11 is 0. The van der Waals surface area contributed by atoms with Crippen molar-refractivity contribution in [3.8, 4) is 6.01 Å². The maximum atomic E-state index is 10.8. The Morgan fingerprint density at radius 2 is 2.00 bits per heavy atom. The number of aromatic carboxylic acids is 1. The van der Waals surface area contributed by atoms with Gasteiger partial charge < -0.3 is 9.84 Å². The lowest BCUT2D eigenvalue weighted by atomic mass is 10.2. The molecule has 0 saturated heterocycles. The van der Waals surface area contributed by atoms with Crippen LogP contribution in [0.15, 0.2) is 12.3 Å². The second-order valence-corrected chi connectivity index (χ2v) is 4.80. The number of rotatable bonds is 7. The van der Waals surface area contributed by atoms with E-state index in [-0.39, 0.29) is 11.7 Å². The van der Waals surface area contributed by atoms with Crippen LogP contribution in [0.3, 0.4) is 0 Å². The Morgan fingerprint density at radius 1 is 1.37 bits per heavy atom. The van der Waals surface area contributed by atoms with Gasteiger partial charge in [-0.15, -0.1) is 0 Å². The Morgan fingerprint density at radius 3 is 2.53 bits per heavy atom. The number of hydrogen-bond donors (Lipinski definition) is 1. The van der Waals surface area contributed by atoms with Crippen molar-refractivity contribution in [1.29, 1.82) is 0 Å². The highest BCUT2D eigenvalue weighted by Crippen LogP contribution is 2.06. The van der Waals surface area contributed by atoms with Crippen LogP contribution in [0, 0.1) is 0 Å². The molecule has 1 aromatic rings. The van der Waals surface area contributed by atoms with E-state index in [1.54, 1.807) is 0 Å². The minimum absolute atomic E-state index is 0.0606. The molecule has 1 N–H and O–H groups in total. The molecule has 0 aromatic carbocycles. The van der Waals surface area contributed by atoms with Crippen LogP contribution in [-0.2, 0) is 0 Å². The van der Waals surface area contributed by atoms with Gasteiger partial charge >= 0.3 is 12.0 Å². The van der Waals surface area contributed by atoms with Crippen molar-refractivity contribution in [2.45, 2.75) is 39.8 Å². The smallest absolute Gasteiger partial charge is 0.354 e. The molecule has 0 aliphatic heterocycles. The molecule has 0 fully saturated rings. The Labute approximate surface area is 113 Å². The number of carbonyl (C=O) groups is 1. The molecule has 0 unspecified atom stereocenters. The minimum atomic E-state index is -1.08. The monoisotopic (exact) mass is 267 g/mol. The normalized spacial score (nSPS) is 11.3. The molecular formula is C13H21N3O3. The largest absolute Gasteiger partial charge is 0.477 e. The molecule has 1 rings (SSSR count). The predicted octanol–water partition coefficient (Wildman–Crippen LogP) is 1.67. The second-order valence-electron chi connectivity index (χ2n) is 4.80. The topological polar surface area (TPSA) is 75.5 Å². The molecule has 0 radical (unpaired) electrons. The quantitative estimate of drug-likeness (QED) is 0.810. The molecule has 0 bridgehead atoms. The Bertz CT molecular complexity index is 413. The summed E-state index contributed by atoms with van der Waals surface area (Å²) in [5.74, 6) is -1.08. The molecular weight excluding hydrogens is 246 g/mol. The second kappa shape index (κ2) is 7.04. The number of ether oxygens (including phenoxy) is 1. The van der Waals surface area contributed by atoms with Gasteiger partial charge in [-0.05, 0) is 33.8 Å². The average Bonchev–Trinajstić information content (AvgIpc) is 2.34. The maximum absolute atomic E-state index is 10.8. The Hall–Kier alpha value is -1.69. The van der Waals surface area contributed by atoms with Gasteiger partial charge in [-0.25, -0.2) is 9.78 Å². The van der Waals surface area contributed by atoms with E-state index in [0.29, 0.717) is 18.7 Å². The van der Waals surface area contributed by atoms with Crippen molar-refractivity contribution >= 4 is 5.97 Å². The first kappa shape index (κ1) is 15.4. The number of carboxylic acid groups (broad SMARTS) is 1. The lowest BCUT2D eigenvalue weighted by molar-refractivity contribution is 0.0688.